The number of aromatic nitrogens is 4. The summed E-state index contributed by atoms with van der Waals surface area (Å²) in [6, 6.07) is 0. The van der Waals surface area contributed by atoms with E-state index in [4.69, 9.17) is 11.6 Å². The van der Waals surface area contributed by atoms with E-state index in [0.717, 1.165) is 5.56 Å². The van der Waals surface area contributed by atoms with Crippen LogP contribution in [0.2, 0.25) is 5.15 Å². The molecule has 0 aromatic carbocycles. The number of aryl methyl sites for hydroxylation is 1. The molecule has 0 fully saturated rings. The second kappa shape index (κ2) is 5.59. The van der Waals surface area contributed by atoms with Crippen LogP contribution < -0.4 is 5.32 Å². The lowest BCUT2D eigenvalue weighted by atomic mass is 10.4. The van der Waals surface area contributed by atoms with Crippen LogP contribution in [0.4, 0.5) is 0 Å². The summed E-state index contributed by atoms with van der Waals surface area (Å²) in [6.07, 6.45) is 6.43. The normalized spacial score (nSPS) is 10.3. The third kappa shape index (κ3) is 3.27. The van der Waals surface area contributed by atoms with Crippen molar-refractivity contribution in [1.82, 2.24) is 25.1 Å². The number of hydrogen-bond donors (Lipinski definition) is 1. The summed E-state index contributed by atoms with van der Waals surface area (Å²) >= 11 is 5.65. The van der Waals surface area contributed by atoms with Crippen LogP contribution in [-0.2, 0) is 6.54 Å². The summed E-state index contributed by atoms with van der Waals surface area (Å²) in [7, 11) is 0. The molecule has 0 saturated carbocycles. The summed E-state index contributed by atoms with van der Waals surface area (Å²) in [4.78, 5) is 19.4. The van der Waals surface area contributed by atoms with Gasteiger partial charge in [0, 0.05) is 12.7 Å². The number of carbonyl (C=O) groups is 1. The van der Waals surface area contributed by atoms with E-state index in [1.54, 1.807) is 10.9 Å². The van der Waals surface area contributed by atoms with Crippen molar-refractivity contribution in [1.29, 1.82) is 0 Å². The van der Waals surface area contributed by atoms with E-state index in [1.807, 2.05) is 13.1 Å². The standard InChI is InChI=1S/C11H12ClN5O/c1-8-4-15-17(7-8)3-2-14-11(18)9-5-13-6-10(12)16-9/h4-7H,2-3H2,1H3,(H,14,18). The van der Waals surface area contributed by atoms with E-state index in [9.17, 15) is 4.79 Å². The van der Waals surface area contributed by atoms with Gasteiger partial charge >= 0.3 is 0 Å². The highest BCUT2D eigenvalue weighted by molar-refractivity contribution is 6.29. The molecule has 18 heavy (non-hydrogen) atoms. The smallest absolute Gasteiger partial charge is 0.271 e. The Labute approximate surface area is 109 Å². The molecule has 0 aliphatic carbocycles. The van der Waals surface area contributed by atoms with Gasteiger partial charge in [-0.3, -0.25) is 14.5 Å². The third-order valence-electron chi connectivity index (χ3n) is 2.23. The van der Waals surface area contributed by atoms with Gasteiger partial charge in [-0.05, 0) is 12.5 Å². The van der Waals surface area contributed by atoms with Crippen molar-refractivity contribution in [2.24, 2.45) is 0 Å². The Hall–Kier alpha value is -1.95. The van der Waals surface area contributed by atoms with Gasteiger partial charge in [-0.15, -0.1) is 0 Å². The molecule has 0 aliphatic rings. The number of nitrogens with zero attached hydrogens (tertiary/aromatic N) is 4. The first-order valence-corrected chi connectivity index (χ1v) is 5.78. The summed E-state index contributed by atoms with van der Waals surface area (Å²) in [5.74, 6) is -0.297. The van der Waals surface area contributed by atoms with Crippen LogP contribution >= 0.6 is 11.6 Å². The van der Waals surface area contributed by atoms with Crippen LogP contribution in [0, 0.1) is 6.92 Å². The molecule has 2 rings (SSSR count). The molecule has 7 heteroatoms. The lowest BCUT2D eigenvalue weighted by Gasteiger charge is -2.04. The quantitative estimate of drug-likeness (QED) is 0.897. The van der Waals surface area contributed by atoms with Crippen molar-refractivity contribution in [2.75, 3.05) is 6.54 Å². The zero-order valence-electron chi connectivity index (χ0n) is 9.80. The predicted molar refractivity (Wildman–Crippen MR) is 66.3 cm³/mol. The van der Waals surface area contributed by atoms with E-state index in [1.165, 1.54) is 12.4 Å². The minimum atomic E-state index is -0.297. The average Bonchev–Trinajstić information content (AvgIpc) is 2.75. The van der Waals surface area contributed by atoms with E-state index >= 15 is 0 Å². The Morgan fingerprint density at radius 1 is 1.44 bits per heavy atom. The van der Waals surface area contributed by atoms with Crippen LogP contribution in [-0.4, -0.2) is 32.2 Å². The zero-order chi connectivity index (χ0) is 13.0. The van der Waals surface area contributed by atoms with Crippen LogP contribution in [0.5, 0.6) is 0 Å². The molecule has 0 bridgehead atoms. The molecule has 6 nitrogen and oxygen atoms in total. The lowest BCUT2D eigenvalue weighted by molar-refractivity contribution is 0.0946. The molecule has 0 aliphatic heterocycles. The minimum Gasteiger partial charge on any atom is -0.349 e. The number of rotatable bonds is 4. The highest BCUT2D eigenvalue weighted by Gasteiger charge is 2.07. The number of halogens is 1. The Morgan fingerprint density at radius 3 is 2.94 bits per heavy atom. The number of amides is 1. The zero-order valence-corrected chi connectivity index (χ0v) is 10.6. The molecule has 2 aromatic rings. The number of carbonyl (C=O) groups excluding carboxylic acids is 1. The molecule has 0 atom stereocenters. The van der Waals surface area contributed by atoms with Crippen molar-refractivity contribution in [3.63, 3.8) is 0 Å². The Balaban J connectivity index is 1.85. The SMILES string of the molecule is Cc1cnn(CCNC(=O)c2cncc(Cl)n2)c1. The monoisotopic (exact) mass is 265 g/mol. The van der Waals surface area contributed by atoms with E-state index in [0.29, 0.717) is 13.1 Å². The van der Waals surface area contributed by atoms with Gasteiger partial charge in [-0.2, -0.15) is 5.10 Å². The molecule has 1 amide bonds. The van der Waals surface area contributed by atoms with Gasteiger partial charge in [0.15, 0.2) is 0 Å². The summed E-state index contributed by atoms with van der Waals surface area (Å²) in [5.41, 5.74) is 1.29. The number of hydrogen-bond acceptors (Lipinski definition) is 4. The molecule has 1 N–H and O–H groups in total. The molecular weight excluding hydrogens is 254 g/mol. The van der Waals surface area contributed by atoms with E-state index in [2.05, 4.69) is 20.4 Å². The van der Waals surface area contributed by atoms with E-state index < -0.39 is 0 Å². The fourth-order valence-electron chi connectivity index (χ4n) is 1.42. The second-order valence-electron chi connectivity index (χ2n) is 3.76. The fourth-order valence-corrected chi connectivity index (χ4v) is 1.56. The largest absolute Gasteiger partial charge is 0.349 e. The van der Waals surface area contributed by atoms with Crippen LogP contribution in [0.3, 0.4) is 0 Å². The first-order chi connectivity index (χ1) is 8.65. The van der Waals surface area contributed by atoms with Crippen molar-refractivity contribution >= 4 is 17.5 Å². The molecule has 0 saturated heterocycles. The maximum absolute atomic E-state index is 11.7. The molecule has 0 unspecified atom stereocenters. The van der Waals surface area contributed by atoms with Gasteiger partial charge < -0.3 is 5.32 Å². The van der Waals surface area contributed by atoms with Gasteiger partial charge in [0.2, 0.25) is 0 Å². The maximum Gasteiger partial charge on any atom is 0.271 e. The van der Waals surface area contributed by atoms with Crippen molar-refractivity contribution in [3.8, 4) is 0 Å². The van der Waals surface area contributed by atoms with E-state index in [-0.39, 0.29) is 16.8 Å². The lowest BCUT2D eigenvalue weighted by Crippen LogP contribution is -2.28. The molecule has 2 aromatic heterocycles. The first kappa shape index (κ1) is 12.5. The van der Waals surface area contributed by atoms with Crippen LogP contribution in [0.15, 0.2) is 24.8 Å². The summed E-state index contributed by atoms with van der Waals surface area (Å²) in [6.45, 7) is 3.03. The van der Waals surface area contributed by atoms with Crippen molar-refractivity contribution < 1.29 is 4.79 Å². The van der Waals surface area contributed by atoms with Gasteiger partial charge in [0.25, 0.3) is 5.91 Å². The highest BCUT2D eigenvalue weighted by Crippen LogP contribution is 2.02. The van der Waals surface area contributed by atoms with Crippen molar-refractivity contribution in [3.05, 3.63) is 41.2 Å². The average molecular weight is 266 g/mol. The van der Waals surface area contributed by atoms with Crippen LogP contribution in [0.25, 0.3) is 0 Å². The minimum absolute atomic E-state index is 0.199. The van der Waals surface area contributed by atoms with Crippen molar-refractivity contribution in [2.45, 2.75) is 13.5 Å². The van der Waals surface area contributed by atoms with Crippen LogP contribution in [0.1, 0.15) is 16.1 Å². The predicted octanol–water partition coefficient (Wildman–Crippen LogP) is 1.06. The highest BCUT2D eigenvalue weighted by atomic mass is 35.5. The molecule has 0 spiro atoms. The Morgan fingerprint density at radius 2 is 2.28 bits per heavy atom. The maximum atomic E-state index is 11.7. The molecule has 2 heterocycles. The Kier molecular flexibility index (Phi) is 3.88. The summed E-state index contributed by atoms with van der Waals surface area (Å²) < 4.78 is 1.76. The molecule has 0 radical (unpaired) electrons. The first-order valence-electron chi connectivity index (χ1n) is 5.40. The molecule has 94 valence electrons. The van der Waals surface area contributed by atoms with Gasteiger partial charge in [-0.1, -0.05) is 11.6 Å². The molecular formula is C11H12ClN5O. The fraction of sp³-hybridized carbons (Fsp3) is 0.273. The Bertz CT molecular complexity index is 554. The van der Waals surface area contributed by atoms with Gasteiger partial charge in [0.1, 0.15) is 10.8 Å². The van der Waals surface area contributed by atoms with Gasteiger partial charge in [0.05, 0.1) is 25.1 Å². The van der Waals surface area contributed by atoms with Gasteiger partial charge in [-0.25, -0.2) is 4.98 Å². The second-order valence-corrected chi connectivity index (χ2v) is 4.15. The topological polar surface area (TPSA) is 72.7 Å². The summed E-state index contributed by atoms with van der Waals surface area (Å²) in [5, 5.41) is 7.04. The number of nitrogens with one attached hydrogen (secondary N) is 1. The third-order valence-corrected chi connectivity index (χ3v) is 2.41.